The first-order chi connectivity index (χ1) is 17.8. The maximum Gasteiger partial charge on any atom is 0.408 e. The van der Waals surface area contributed by atoms with Crippen LogP contribution in [-0.4, -0.2) is 59.0 Å². The van der Waals surface area contributed by atoms with Crippen molar-refractivity contribution in [2.24, 2.45) is 11.8 Å². The molecule has 3 amide bonds. The Kier molecular flexibility index (Phi) is 11.6. The molecule has 0 aromatic heterocycles. The molecule has 0 saturated carbocycles. The number of rotatable bonds is 11. The third kappa shape index (κ3) is 9.65. The summed E-state index contributed by atoms with van der Waals surface area (Å²) in [6, 6.07) is 6.98. The van der Waals surface area contributed by atoms with E-state index in [0.29, 0.717) is 32.2 Å². The van der Waals surface area contributed by atoms with Crippen molar-refractivity contribution in [3.63, 3.8) is 0 Å². The summed E-state index contributed by atoms with van der Waals surface area (Å²) in [5, 5.41) is 5.55. The molecule has 0 spiro atoms. The molecular weight excluding hydrogens is 486 g/mol. The molecule has 1 aliphatic rings. The van der Waals surface area contributed by atoms with Gasteiger partial charge in [-0.05, 0) is 57.4 Å². The molecule has 9 nitrogen and oxygen atoms in total. The fourth-order valence-corrected chi connectivity index (χ4v) is 4.39. The lowest BCUT2D eigenvalue weighted by Gasteiger charge is -2.31. The monoisotopic (exact) mass is 531 g/mol. The van der Waals surface area contributed by atoms with Crippen LogP contribution < -0.4 is 10.6 Å². The molecule has 2 rings (SSSR count). The Labute approximate surface area is 227 Å². The lowest BCUT2D eigenvalue weighted by atomic mass is 9.96. The van der Waals surface area contributed by atoms with E-state index in [9.17, 15) is 19.2 Å². The van der Waals surface area contributed by atoms with Gasteiger partial charge in [0.25, 0.3) is 0 Å². The van der Waals surface area contributed by atoms with Gasteiger partial charge in [0.05, 0.1) is 0 Å². The molecule has 1 saturated heterocycles. The highest BCUT2D eigenvalue weighted by Gasteiger charge is 2.40. The van der Waals surface area contributed by atoms with Gasteiger partial charge in [-0.25, -0.2) is 9.59 Å². The van der Waals surface area contributed by atoms with Gasteiger partial charge in [-0.3, -0.25) is 9.59 Å². The maximum absolute atomic E-state index is 13.7. The van der Waals surface area contributed by atoms with E-state index in [1.807, 2.05) is 58.0 Å². The molecule has 0 bridgehead atoms. The van der Waals surface area contributed by atoms with Crippen LogP contribution in [0.3, 0.4) is 0 Å². The highest BCUT2D eigenvalue weighted by Crippen LogP contribution is 2.22. The lowest BCUT2D eigenvalue weighted by molar-refractivity contribution is -0.155. The molecule has 0 radical (unpaired) electrons. The predicted molar refractivity (Wildman–Crippen MR) is 145 cm³/mol. The first-order valence-corrected chi connectivity index (χ1v) is 13.6. The van der Waals surface area contributed by atoms with Crippen molar-refractivity contribution in [3.05, 3.63) is 35.9 Å². The van der Waals surface area contributed by atoms with Gasteiger partial charge in [0.15, 0.2) is 0 Å². The lowest BCUT2D eigenvalue weighted by Crippen LogP contribution is -2.57. The molecular formula is C29H45N3O6. The van der Waals surface area contributed by atoms with E-state index >= 15 is 0 Å². The largest absolute Gasteiger partial charge is 0.459 e. The number of nitrogens with zero attached hydrogens (tertiary/aromatic N) is 1. The normalized spacial score (nSPS) is 17.9. The topological polar surface area (TPSA) is 114 Å². The van der Waals surface area contributed by atoms with Crippen LogP contribution in [-0.2, 0) is 30.5 Å². The van der Waals surface area contributed by atoms with Crippen LogP contribution in [0.4, 0.5) is 4.79 Å². The minimum absolute atomic E-state index is 0.108. The Morgan fingerprint density at radius 3 is 2.29 bits per heavy atom. The number of carbonyl (C=O) groups excluding carboxylic acids is 4. The van der Waals surface area contributed by atoms with E-state index in [1.54, 1.807) is 20.8 Å². The van der Waals surface area contributed by atoms with E-state index in [-0.39, 0.29) is 24.3 Å². The zero-order chi connectivity index (χ0) is 28.5. The van der Waals surface area contributed by atoms with Crippen molar-refractivity contribution in [2.75, 3.05) is 6.54 Å². The second-order valence-electron chi connectivity index (χ2n) is 11.5. The summed E-state index contributed by atoms with van der Waals surface area (Å²) < 4.78 is 10.9. The SMILES string of the molecule is CC[C@H](C)[C@H](NC(=O)OC(C)(C)C)C(=O)N[C@@H](CC(C)C)C(=O)N1CCC[C@H]1C(=O)OCc1ccccc1. The summed E-state index contributed by atoms with van der Waals surface area (Å²) in [6.07, 6.45) is 1.53. The Balaban J connectivity index is 2.13. The number of esters is 1. The number of ether oxygens (including phenoxy) is 2. The molecule has 9 heteroatoms. The summed E-state index contributed by atoms with van der Waals surface area (Å²) in [5.41, 5.74) is 0.159. The van der Waals surface area contributed by atoms with Crippen LogP contribution in [0.5, 0.6) is 0 Å². The molecule has 212 valence electrons. The van der Waals surface area contributed by atoms with Gasteiger partial charge < -0.3 is 25.0 Å². The van der Waals surface area contributed by atoms with E-state index in [0.717, 1.165) is 5.56 Å². The number of amides is 3. The minimum atomic E-state index is -0.873. The summed E-state index contributed by atoms with van der Waals surface area (Å²) in [5.74, 6) is -1.29. The number of benzene rings is 1. The van der Waals surface area contributed by atoms with Crippen molar-refractivity contribution >= 4 is 23.9 Å². The third-order valence-corrected chi connectivity index (χ3v) is 6.52. The fourth-order valence-electron chi connectivity index (χ4n) is 4.39. The second-order valence-corrected chi connectivity index (χ2v) is 11.5. The fraction of sp³-hybridized carbons (Fsp3) is 0.655. The average Bonchev–Trinajstić information content (AvgIpc) is 3.34. The van der Waals surface area contributed by atoms with Crippen molar-refractivity contribution in [2.45, 2.75) is 104 Å². The smallest absolute Gasteiger partial charge is 0.408 e. The van der Waals surface area contributed by atoms with E-state index in [2.05, 4.69) is 10.6 Å². The Hall–Kier alpha value is -3.10. The van der Waals surface area contributed by atoms with Gasteiger partial charge in [-0.2, -0.15) is 0 Å². The predicted octanol–water partition coefficient (Wildman–Crippen LogP) is 4.19. The van der Waals surface area contributed by atoms with E-state index < -0.39 is 41.7 Å². The molecule has 0 unspecified atom stereocenters. The molecule has 1 aromatic carbocycles. The molecule has 4 atom stereocenters. The Morgan fingerprint density at radius 1 is 1.05 bits per heavy atom. The third-order valence-electron chi connectivity index (χ3n) is 6.52. The molecule has 1 aliphatic heterocycles. The Bertz CT molecular complexity index is 943. The van der Waals surface area contributed by atoms with Crippen LogP contribution >= 0.6 is 0 Å². The van der Waals surface area contributed by atoms with Crippen LogP contribution in [0, 0.1) is 11.8 Å². The summed E-state index contributed by atoms with van der Waals surface area (Å²) in [7, 11) is 0. The maximum atomic E-state index is 13.7. The van der Waals surface area contributed by atoms with Crippen LogP contribution in [0.2, 0.25) is 0 Å². The second kappa shape index (κ2) is 14.2. The Morgan fingerprint density at radius 2 is 1.71 bits per heavy atom. The van der Waals surface area contributed by atoms with E-state index in [4.69, 9.17) is 9.47 Å². The molecule has 2 N–H and O–H groups in total. The molecule has 1 fully saturated rings. The van der Waals surface area contributed by atoms with Crippen LogP contribution in [0.15, 0.2) is 30.3 Å². The van der Waals surface area contributed by atoms with Crippen molar-refractivity contribution in [1.29, 1.82) is 0 Å². The quantitative estimate of drug-likeness (QED) is 0.414. The standard InChI is InChI=1S/C29H45N3O6/c1-8-20(4)24(31-28(36)38-29(5,6)7)25(33)30-22(17-19(2)3)26(34)32-16-12-15-23(32)27(35)37-18-21-13-10-9-11-14-21/h9-11,13-14,19-20,22-24H,8,12,15-18H2,1-7H3,(H,30,33)(H,31,36)/t20-,22-,23-,24-/m0/s1. The first-order valence-electron chi connectivity index (χ1n) is 13.6. The minimum Gasteiger partial charge on any atom is -0.459 e. The van der Waals surface area contributed by atoms with E-state index in [1.165, 1.54) is 4.90 Å². The van der Waals surface area contributed by atoms with Gasteiger partial charge in [-0.1, -0.05) is 64.4 Å². The first kappa shape index (κ1) is 31.1. The van der Waals surface area contributed by atoms with Crippen molar-refractivity contribution in [1.82, 2.24) is 15.5 Å². The number of carbonyl (C=O) groups is 4. The summed E-state index contributed by atoms with van der Waals surface area (Å²) >= 11 is 0. The molecule has 1 aromatic rings. The number of hydrogen-bond donors (Lipinski definition) is 2. The van der Waals surface area contributed by atoms with Crippen LogP contribution in [0.25, 0.3) is 0 Å². The van der Waals surface area contributed by atoms with Crippen molar-refractivity contribution < 1.29 is 28.7 Å². The van der Waals surface area contributed by atoms with Crippen molar-refractivity contribution in [3.8, 4) is 0 Å². The highest BCUT2D eigenvalue weighted by molar-refractivity contribution is 5.93. The average molecular weight is 532 g/mol. The molecule has 0 aliphatic carbocycles. The van der Waals surface area contributed by atoms with Gasteiger partial charge >= 0.3 is 12.1 Å². The summed E-state index contributed by atoms with van der Waals surface area (Å²) in [6.45, 7) is 13.5. The number of hydrogen-bond acceptors (Lipinski definition) is 6. The zero-order valence-electron chi connectivity index (χ0n) is 23.9. The van der Waals surface area contributed by atoms with Crippen LogP contribution in [0.1, 0.15) is 79.7 Å². The highest BCUT2D eigenvalue weighted by atomic mass is 16.6. The van der Waals surface area contributed by atoms with Gasteiger partial charge in [0.2, 0.25) is 11.8 Å². The molecule has 1 heterocycles. The van der Waals surface area contributed by atoms with Gasteiger partial charge in [0.1, 0.15) is 30.3 Å². The number of nitrogens with one attached hydrogen (secondary N) is 2. The zero-order valence-corrected chi connectivity index (χ0v) is 23.9. The number of likely N-dealkylation sites (tertiary alicyclic amines) is 1. The number of alkyl carbamates (subject to hydrolysis) is 1. The molecule has 38 heavy (non-hydrogen) atoms. The van der Waals surface area contributed by atoms with Gasteiger partial charge in [-0.15, -0.1) is 0 Å². The van der Waals surface area contributed by atoms with Gasteiger partial charge in [0, 0.05) is 6.54 Å². The summed E-state index contributed by atoms with van der Waals surface area (Å²) in [4.78, 5) is 53.9.